The van der Waals surface area contributed by atoms with Gasteiger partial charge in [0.05, 0.1) is 5.02 Å². The highest BCUT2D eigenvalue weighted by atomic mass is 35.5. The second-order valence-electron chi connectivity index (χ2n) is 3.35. The minimum absolute atomic E-state index is 0.298. The molecule has 3 N–H and O–H groups in total. The normalized spacial score (nSPS) is 10.1. The van der Waals surface area contributed by atoms with Gasteiger partial charge in [-0.1, -0.05) is 23.7 Å². The molecule has 0 atom stereocenters. The molecule has 0 saturated heterocycles. The van der Waals surface area contributed by atoms with Crippen molar-refractivity contribution in [1.29, 1.82) is 0 Å². The maximum atomic E-state index is 5.98. The van der Waals surface area contributed by atoms with Gasteiger partial charge in [-0.2, -0.15) is 4.98 Å². The van der Waals surface area contributed by atoms with E-state index >= 15 is 0 Å². The Morgan fingerprint density at radius 3 is 2.76 bits per heavy atom. The van der Waals surface area contributed by atoms with Gasteiger partial charge < -0.3 is 4.74 Å². The number of ether oxygens (including phenoxy) is 1. The molecule has 0 fully saturated rings. The fourth-order valence-corrected chi connectivity index (χ4v) is 1.47. The summed E-state index contributed by atoms with van der Waals surface area (Å²) in [6.07, 6.45) is 0. The molecule has 1 heterocycles. The summed E-state index contributed by atoms with van der Waals surface area (Å²) in [7, 11) is 0. The second kappa shape index (κ2) is 4.99. The van der Waals surface area contributed by atoms with E-state index in [9.17, 15) is 0 Å². The molecule has 0 aliphatic heterocycles. The number of hydrazine groups is 1. The number of nitrogens with one attached hydrogen (secondary N) is 1. The van der Waals surface area contributed by atoms with Crippen LogP contribution >= 0.6 is 11.6 Å². The predicted octanol–water partition coefficient (Wildman–Crippen LogP) is 2.52. The number of aryl methyl sites for hydroxylation is 1. The molecule has 0 unspecified atom stereocenters. The highest BCUT2D eigenvalue weighted by molar-refractivity contribution is 6.32. The number of rotatable bonds is 3. The monoisotopic (exact) mass is 250 g/mol. The van der Waals surface area contributed by atoms with Gasteiger partial charge in [0, 0.05) is 11.8 Å². The lowest BCUT2D eigenvalue weighted by Crippen LogP contribution is -2.11. The van der Waals surface area contributed by atoms with Crippen molar-refractivity contribution in [2.24, 2.45) is 5.84 Å². The minimum Gasteiger partial charge on any atom is -0.437 e. The first kappa shape index (κ1) is 11.6. The van der Waals surface area contributed by atoms with Crippen molar-refractivity contribution in [3.63, 3.8) is 0 Å². The molecule has 5 nitrogen and oxygen atoms in total. The third-order valence-corrected chi connectivity index (χ3v) is 2.32. The highest BCUT2D eigenvalue weighted by Gasteiger charge is 2.05. The topological polar surface area (TPSA) is 73.1 Å². The first-order chi connectivity index (χ1) is 8.19. The number of nitrogen functional groups attached to an aromatic ring is 1. The lowest BCUT2D eigenvalue weighted by atomic mass is 10.3. The summed E-state index contributed by atoms with van der Waals surface area (Å²) in [5, 5.41) is 0.519. The molecule has 2 aromatic rings. The Hall–Kier alpha value is -1.85. The summed E-state index contributed by atoms with van der Waals surface area (Å²) in [4.78, 5) is 8.12. The Bertz CT molecular complexity index is 533. The second-order valence-corrected chi connectivity index (χ2v) is 3.76. The number of aromatic nitrogens is 2. The first-order valence-corrected chi connectivity index (χ1v) is 5.31. The Balaban J connectivity index is 2.30. The van der Waals surface area contributed by atoms with Crippen LogP contribution in [0.2, 0.25) is 5.02 Å². The molecule has 0 bridgehead atoms. The van der Waals surface area contributed by atoms with Crippen LogP contribution in [0.4, 0.5) is 5.95 Å². The lowest BCUT2D eigenvalue weighted by Gasteiger charge is -2.08. The molecule has 1 aromatic carbocycles. The number of nitrogens with zero attached hydrogens (tertiary/aromatic N) is 2. The average Bonchev–Trinajstić information content (AvgIpc) is 2.31. The van der Waals surface area contributed by atoms with Crippen LogP contribution in [0.3, 0.4) is 0 Å². The molecule has 17 heavy (non-hydrogen) atoms. The van der Waals surface area contributed by atoms with Crippen LogP contribution in [-0.4, -0.2) is 9.97 Å². The van der Waals surface area contributed by atoms with Gasteiger partial charge in [-0.15, -0.1) is 0 Å². The maximum Gasteiger partial charge on any atom is 0.240 e. The van der Waals surface area contributed by atoms with E-state index in [1.165, 1.54) is 0 Å². The third kappa shape index (κ3) is 2.83. The van der Waals surface area contributed by atoms with Crippen molar-refractivity contribution in [2.75, 3.05) is 5.43 Å². The smallest absolute Gasteiger partial charge is 0.240 e. The van der Waals surface area contributed by atoms with Crippen molar-refractivity contribution < 1.29 is 4.74 Å². The van der Waals surface area contributed by atoms with Crippen LogP contribution in [0.25, 0.3) is 0 Å². The number of benzene rings is 1. The summed E-state index contributed by atoms with van der Waals surface area (Å²) in [6, 6.07) is 8.86. The number of nitrogens with two attached hydrogens (primary N) is 1. The summed E-state index contributed by atoms with van der Waals surface area (Å²) in [5.74, 6) is 6.48. The number of halogens is 1. The van der Waals surface area contributed by atoms with E-state index < -0.39 is 0 Å². The molecule has 88 valence electrons. The van der Waals surface area contributed by atoms with Gasteiger partial charge >= 0.3 is 0 Å². The Morgan fingerprint density at radius 1 is 1.29 bits per heavy atom. The maximum absolute atomic E-state index is 5.98. The average molecular weight is 251 g/mol. The Morgan fingerprint density at radius 2 is 2.06 bits per heavy atom. The largest absolute Gasteiger partial charge is 0.437 e. The van der Waals surface area contributed by atoms with Gasteiger partial charge in [0.15, 0.2) is 0 Å². The molecule has 0 saturated carbocycles. The van der Waals surface area contributed by atoms with Crippen molar-refractivity contribution in [3.8, 4) is 11.6 Å². The zero-order valence-electron chi connectivity index (χ0n) is 9.14. The molecule has 0 spiro atoms. The van der Waals surface area contributed by atoms with Gasteiger partial charge in [0.1, 0.15) is 5.75 Å². The van der Waals surface area contributed by atoms with Crippen LogP contribution in [0.15, 0.2) is 30.3 Å². The van der Waals surface area contributed by atoms with E-state index in [1.807, 2.05) is 19.1 Å². The van der Waals surface area contributed by atoms with Crippen LogP contribution in [0, 0.1) is 6.92 Å². The Kier molecular flexibility index (Phi) is 3.41. The first-order valence-electron chi connectivity index (χ1n) is 4.94. The highest BCUT2D eigenvalue weighted by Crippen LogP contribution is 2.28. The van der Waals surface area contributed by atoms with Crippen molar-refractivity contribution >= 4 is 17.5 Å². The number of hydrogen-bond donors (Lipinski definition) is 2. The molecular weight excluding hydrogens is 240 g/mol. The molecule has 1 aromatic heterocycles. The summed E-state index contributed by atoms with van der Waals surface area (Å²) >= 11 is 5.98. The van der Waals surface area contributed by atoms with Crippen LogP contribution in [0.5, 0.6) is 11.6 Å². The predicted molar refractivity (Wildman–Crippen MR) is 66.1 cm³/mol. The third-order valence-electron chi connectivity index (χ3n) is 2.01. The van der Waals surface area contributed by atoms with Crippen LogP contribution in [0.1, 0.15) is 5.69 Å². The van der Waals surface area contributed by atoms with Crippen molar-refractivity contribution in [1.82, 2.24) is 9.97 Å². The molecule has 6 heteroatoms. The zero-order valence-corrected chi connectivity index (χ0v) is 9.90. The molecule has 0 aliphatic carbocycles. The molecule has 0 aliphatic rings. The molecule has 0 amide bonds. The number of hydrogen-bond acceptors (Lipinski definition) is 5. The van der Waals surface area contributed by atoms with Gasteiger partial charge in [0.2, 0.25) is 11.8 Å². The number of anilines is 1. The van der Waals surface area contributed by atoms with E-state index in [2.05, 4.69) is 15.4 Å². The van der Waals surface area contributed by atoms with Gasteiger partial charge in [0.25, 0.3) is 0 Å². The summed E-state index contributed by atoms with van der Waals surface area (Å²) in [5.41, 5.74) is 3.12. The van der Waals surface area contributed by atoms with E-state index in [4.69, 9.17) is 22.2 Å². The SMILES string of the molecule is Cc1cc(Oc2ccccc2Cl)nc(NN)n1. The molecular formula is C11H11ClN4O. The Labute approximate surface area is 104 Å². The lowest BCUT2D eigenvalue weighted by molar-refractivity contribution is 0.462. The van der Waals surface area contributed by atoms with Crippen LogP contribution < -0.4 is 16.0 Å². The van der Waals surface area contributed by atoms with Crippen molar-refractivity contribution in [3.05, 3.63) is 41.0 Å². The molecule has 0 radical (unpaired) electrons. The summed E-state index contributed by atoms with van der Waals surface area (Å²) < 4.78 is 5.55. The number of para-hydroxylation sites is 1. The van der Waals surface area contributed by atoms with Gasteiger partial charge in [-0.3, -0.25) is 5.43 Å². The van der Waals surface area contributed by atoms with Gasteiger partial charge in [-0.05, 0) is 19.1 Å². The van der Waals surface area contributed by atoms with E-state index in [0.29, 0.717) is 22.6 Å². The fourth-order valence-electron chi connectivity index (χ4n) is 1.30. The van der Waals surface area contributed by atoms with E-state index in [-0.39, 0.29) is 0 Å². The quantitative estimate of drug-likeness (QED) is 0.647. The van der Waals surface area contributed by atoms with Crippen molar-refractivity contribution in [2.45, 2.75) is 6.92 Å². The summed E-state index contributed by atoms with van der Waals surface area (Å²) in [6.45, 7) is 1.82. The fraction of sp³-hybridized carbons (Fsp3) is 0.0909. The molecule has 2 rings (SSSR count). The van der Waals surface area contributed by atoms with Gasteiger partial charge in [-0.25, -0.2) is 10.8 Å². The zero-order chi connectivity index (χ0) is 12.3. The van der Waals surface area contributed by atoms with E-state index in [1.54, 1.807) is 18.2 Å². The minimum atomic E-state index is 0.298. The van der Waals surface area contributed by atoms with Crippen LogP contribution in [-0.2, 0) is 0 Å². The standard InChI is InChI=1S/C11H11ClN4O/c1-7-6-10(15-11(14-7)16-13)17-9-5-3-2-4-8(9)12/h2-6H,13H2,1H3,(H,14,15,16). The van der Waals surface area contributed by atoms with E-state index in [0.717, 1.165) is 5.69 Å².